The van der Waals surface area contributed by atoms with Gasteiger partial charge in [-0.3, -0.25) is 9.69 Å². The number of hydrogen-bond donors (Lipinski definition) is 0. The molecule has 0 amide bonds. The van der Waals surface area contributed by atoms with E-state index < -0.39 is 0 Å². The zero-order chi connectivity index (χ0) is 13.7. The minimum atomic E-state index is -0.140. The summed E-state index contributed by atoms with van der Waals surface area (Å²) in [6.07, 6.45) is 1.29. The predicted molar refractivity (Wildman–Crippen MR) is 73.1 cm³/mol. The number of nitrogens with zero attached hydrogens (tertiary/aromatic N) is 1. The van der Waals surface area contributed by atoms with Crippen molar-refractivity contribution in [3.8, 4) is 5.75 Å². The first kappa shape index (κ1) is 13.9. The molecule has 1 aliphatic rings. The van der Waals surface area contributed by atoms with Gasteiger partial charge in [-0.25, -0.2) is 0 Å². The number of para-hydroxylation sites is 1. The van der Waals surface area contributed by atoms with Crippen LogP contribution >= 0.6 is 0 Å². The molecule has 0 N–H and O–H groups in total. The Bertz CT molecular complexity index is 433. The van der Waals surface area contributed by atoms with Crippen LogP contribution in [0.2, 0.25) is 0 Å². The third-order valence-electron chi connectivity index (χ3n) is 3.50. The minimum Gasteiger partial charge on any atom is -0.492 e. The third-order valence-corrected chi connectivity index (χ3v) is 3.50. The average Bonchev–Trinajstić information content (AvgIpc) is 2.59. The number of benzene rings is 1. The molecular formula is C15H21NO3. The van der Waals surface area contributed by atoms with E-state index in [-0.39, 0.29) is 5.97 Å². The summed E-state index contributed by atoms with van der Waals surface area (Å²) in [4.78, 5) is 13.5. The van der Waals surface area contributed by atoms with Crippen molar-refractivity contribution in [2.75, 3.05) is 20.3 Å². The number of ether oxygens (including phenoxy) is 2. The van der Waals surface area contributed by atoms with E-state index >= 15 is 0 Å². The van der Waals surface area contributed by atoms with Crippen molar-refractivity contribution in [3.63, 3.8) is 0 Å². The van der Waals surface area contributed by atoms with Gasteiger partial charge in [-0.15, -0.1) is 0 Å². The molecule has 0 saturated heterocycles. The lowest BCUT2D eigenvalue weighted by atomic mass is 10.1. The largest absolute Gasteiger partial charge is 0.492 e. The van der Waals surface area contributed by atoms with Crippen LogP contribution in [-0.4, -0.2) is 37.2 Å². The Labute approximate surface area is 114 Å². The van der Waals surface area contributed by atoms with Crippen LogP contribution in [0.5, 0.6) is 5.75 Å². The number of carbonyl (C=O) groups is 1. The number of hydrogen-bond acceptors (Lipinski definition) is 4. The van der Waals surface area contributed by atoms with Gasteiger partial charge in [-0.1, -0.05) is 18.2 Å². The molecule has 1 aliphatic heterocycles. The topological polar surface area (TPSA) is 38.8 Å². The molecule has 0 bridgehead atoms. The number of carbonyl (C=O) groups excluding carboxylic acids is 1. The monoisotopic (exact) mass is 263 g/mol. The van der Waals surface area contributed by atoms with Crippen LogP contribution in [0.3, 0.4) is 0 Å². The maximum Gasteiger partial charge on any atom is 0.305 e. The molecule has 0 radical (unpaired) electrons. The second-order valence-corrected chi connectivity index (χ2v) is 4.92. The summed E-state index contributed by atoms with van der Waals surface area (Å²) >= 11 is 0. The van der Waals surface area contributed by atoms with Crippen LogP contribution in [0.15, 0.2) is 24.3 Å². The maximum atomic E-state index is 11.1. The van der Waals surface area contributed by atoms with Crippen molar-refractivity contribution in [1.29, 1.82) is 0 Å². The van der Waals surface area contributed by atoms with Crippen LogP contribution < -0.4 is 4.74 Å². The van der Waals surface area contributed by atoms with E-state index in [1.54, 1.807) is 0 Å². The molecule has 0 fully saturated rings. The van der Waals surface area contributed by atoms with Gasteiger partial charge in [0.2, 0.25) is 0 Å². The lowest BCUT2D eigenvalue weighted by Gasteiger charge is -2.25. The molecule has 0 spiro atoms. The molecule has 19 heavy (non-hydrogen) atoms. The molecule has 0 unspecified atom stereocenters. The molecule has 1 heterocycles. The molecule has 1 atom stereocenters. The van der Waals surface area contributed by atoms with Gasteiger partial charge in [0, 0.05) is 24.6 Å². The van der Waals surface area contributed by atoms with Crippen molar-refractivity contribution in [2.24, 2.45) is 0 Å². The van der Waals surface area contributed by atoms with Gasteiger partial charge in [-0.2, -0.15) is 0 Å². The van der Waals surface area contributed by atoms with Crippen molar-refractivity contribution in [1.82, 2.24) is 4.90 Å². The quantitative estimate of drug-likeness (QED) is 0.781. The molecular weight excluding hydrogens is 242 g/mol. The molecule has 4 nitrogen and oxygen atoms in total. The number of methoxy groups -OCH3 is 1. The highest BCUT2D eigenvalue weighted by molar-refractivity contribution is 5.69. The molecule has 1 aromatic rings. The Morgan fingerprint density at radius 2 is 2.26 bits per heavy atom. The Kier molecular flexibility index (Phi) is 4.80. The van der Waals surface area contributed by atoms with Crippen LogP contribution in [0.25, 0.3) is 0 Å². The van der Waals surface area contributed by atoms with E-state index in [2.05, 4.69) is 22.6 Å². The highest BCUT2D eigenvalue weighted by Crippen LogP contribution is 2.24. The Morgan fingerprint density at radius 3 is 3.05 bits per heavy atom. The average molecular weight is 263 g/mol. The Morgan fingerprint density at radius 1 is 1.47 bits per heavy atom. The fourth-order valence-electron chi connectivity index (χ4n) is 2.29. The van der Waals surface area contributed by atoms with E-state index in [0.717, 1.165) is 25.3 Å². The normalized spacial score (nSPS) is 19.2. The summed E-state index contributed by atoms with van der Waals surface area (Å²) in [7, 11) is 1.43. The van der Waals surface area contributed by atoms with Gasteiger partial charge in [0.1, 0.15) is 12.4 Å². The smallest absolute Gasteiger partial charge is 0.305 e. The van der Waals surface area contributed by atoms with Crippen LogP contribution in [0.1, 0.15) is 25.3 Å². The summed E-state index contributed by atoms with van der Waals surface area (Å²) in [5, 5.41) is 0. The van der Waals surface area contributed by atoms with Gasteiger partial charge in [-0.05, 0) is 26.0 Å². The summed E-state index contributed by atoms with van der Waals surface area (Å²) in [6, 6.07) is 8.49. The van der Waals surface area contributed by atoms with Gasteiger partial charge >= 0.3 is 5.97 Å². The molecule has 4 heteroatoms. The lowest BCUT2D eigenvalue weighted by Crippen LogP contribution is -2.35. The Hall–Kier alpha value is -1.55. The zero-order valence-electron chi connectivity index (χ0n) is 11.6. The predicted octanol–water partition coefficient (Wildman–Crippen LogP) is 2.22. The SMILES string of the molecule is COC(=O)CCCN1Cc2ccccc2OC[C@@H]1C. The standard InChI is InChI=1S/C15H21NO3/c1-12-11-19-14-7-4-3-6-13(14)10-16(12)9-5-8-15(17)18-2/h3-4,6-7,12H,5,8-11H2,1-2H3/t12-/m0/s1. The van der Waals surface area contributed by atoms with E-state index in [1.807, 2.05) is 18.2 Å². The van der Waals surface area contributed by atoms with E-state index in [9.17, 15) is 4.79 Å². The second kappa shape index (κ2) is 6.57. The molecule has 1 aromatic carbocycles. The van der Waals surface area contributed by atoms with E-state index in [1.165, 1.54) is 12.7 Å². The van der Waals surface area contributed by atoms with E-state index in [4.69, 9.17) is 4.74 Å². The third kappa shape index (κ3) is 3.70. The van der Waals surface area contributed by atoms with Crippen molar-refractivity contribution in [3.05, 3.63) is 29.8 Å². The highest BCUT2D eigenvalue weighted by Gasteiger charge is 2.20. The van der Waals surface area contributed by atoms with Crippen molar-refractivity contribution >= 4 is 5.97 Å². The first-order chi connectivity index (χ1) is 9.20. The van der Waals surface area contributed by atoms with Gasteiger partial charge in [0.25, 0.3) is 0 Å². The van der Waals surface area contributed by atoms with Crippen molar-refractivity contribution < 1.29 is 14.3 Å². The zero-order valence-corrected chi connectivity index (χ0v) is 11.6. The molecule has 0 aromatic heterocycles. The molecule has 2 rings (SSSR count). The van der Waals surface area contributed by atoms with Gasteiger partial charge in [0.15, 0.2) is 0 Å². The summed E-state index contributed by atoms with van der Waals surface area (Å²) in [6.45, 7) is 4.60. The first-order valence-electron chi connectivity index (χ1n) is 6.72. The molecule has 104 valence electrons. The van der Waals surface area contributed by atoms with Gasteiger partial charge < -0.3 is 9.47 Å². The minimum absolute atomic E-state index is 0.140. The van der Waals surface area contributed by atoms with Crippen LogP contribution in [0, 0.1) is 0 Å². The highest BCUT2D eigenvalue weighted by atomic mass is 16.5. The molecule has 0 saturated carbocycles. The number of fused-ring (bicyclic) bond motifs is 1. The fraction of sp³-hybridized carbons (Fsp3) is 0.533. The Balaban J connectivity index is 1.94. The summed E-state index contributed by atoms with van der Waals surface area (Å²) in [5.41, 5.74) is 1.21. The van der Waals surface area contributed by atoms with Crippen molar-refractivity contribution in [2.45, 2.75) is 32.4 Å². The lowest BCUT2D eigenvalue weighted by molar-refractivity contribution is -0.140. The van der Waals surface area contributed by atoms with Gasteiger partial charge in [0.05, 0.1) is 7.11 Å². The first-order valence-corrected chi connectivity index (χ1v) is 6.72. The maximum absolute atomic E-state index is 11.1. The summed E-state index contributed by atoms with van der Waals surface area (Å²) < 4.78 is 10.5. The van der Waals surface area contributed by atoms with Crippen LogP contribution in [-0.2, 0) is 16.1 Å². The van der Waals surface area contributed by atoms with E-state index in [0.29, 0.717) is 19.1 Å². The second-order valence-electron chi connectivity index (χ2n) is 4.92. The number of esters is 1. The fourth-order valence-corrected chi connectivity index (χ4v) is 2.29. The number of rotatable bonds is 4. The van der Waals surface area contributed by atoms with Crippen LogP contribution in [0.4, 0.5) is 0 Å². The molecule has 0 aliphatic carbocycles. The summed E-state index contributed by atoms with van der Waals surface area (Å²) in [5.74, 6) is 0.837.